The summed E-state index contributed by atoms with van der Waals surface area (Å²) in [7, 11) is 1.40. The van der Waals surface area contributed by atoms with Crippen LogP contribution in [0.1, 0.15) is 17.7 Å². The Morgan fingerprint density at radius 3 is 2.06 bits per heavy atom. The summed E-state index contributed by atoms with van der Waals surface area (Å²) in [5, 5.41) is 38.4. The van der Waals surface area contributed by atoms with Crippen molar-refractivity contribution in [1.82, 2.24) is 20.6 Å². The lowest BCUT2D eigenvalue weighted by molar-refractivity contribution is -0.145. The van der Waals surface area contributed by atoms with Gasteiger partial charge < -0.3 is 41.8 Å². The first-order valence-corrected chi connectivity index (χ1v) is 9.60. The molecule has 0 radical (unpaired) electrons. The summed E-state index contributed by atoms with van der Waals surface area (Å²) in [5.41, 5.74) is 7.09. The first-order chi connectivity index (χ1) is 15.6. The second-order valence-electron chi connectivity index (χ2n) is 6.49. The van der Waals surface area contributed by atoms with E-state index < -0.39 is 42.4 Å². The number of carboxylic acids is 4. The molecule has 1 aromatic carbocycles. The van der Waals surface area contributed by atoms with E-state index >= 15 is 0 Å². The summed E-state index contributed by atoms with van der Waals surface area (Å²) in [5.74, 6) is -4.10. The van der Waals surface area contributed by atoms with Gasteiger partial charge in [0.05, 0.1) is 19.3 Å². The molecule has 182 valence electrons. The van der Waals surface area contributed by atoms with E-state index in [9.17, 15) is 19.2 Å². The maximum absolute atomic E-state index is 10.3. The summed E-state index contributed by atoms with van der Waals surface area (Å²) >= 11 is 0. The van der Waals surface area contributed by atoms with Crippen LogP contribution in [0.5, 0.6) is 0 Å². The standard InChI is InChI=1S/C9H11NO2.C6H9N3O2.C5H9NO4/c11-9(12)7-10-6-8-4-2-1-3-5-8;7-5(6(10)11)1-4-2-8-3-9-4;1-6-3(5(9)10)2-4(7)8/h1-5,10H,6-7H2,(H,11,12);2-3,5H,1,7H2,(H,8,9)(H,10,11);3,6H,2H2,1H3,(H,7,8)(H,9,10)/t;5-;3-/m.10/s1. The Morgan fingerprint density at radius 2 is 1.67 bits per heavy atom. The number of benzene rings is 1. The number of nitrogens with one attached hydrogen (secondary N) is 3. The Hall–Kier alpha value is -3.81. The molecule has 0 bridgehead atoms. The third-order valence-corrected chi connectivity index (χ3v) is 3.79. The molecule has 13 nitrogen and oxygen atoms in total. The van der Waals surface area contributed by atoms with Crippen molar-refractivity contribution < 1.29 is 39.6 Å². The summed E-state index contributed by atoms with van der Waals surface area (Å²) in [4.78, 5) is 47.0. The van der Waals surface area contributed by atoms with E-state index in [2.05, 4.69) is 20.6 Å². The molecule has 13 heteroatoms. The van der Waals surface area contributed by atoms with Crippen LogP contribution in [0.4, 0.5) is 0 Å². The minimum Gasteiger partial charge on any atom is -0.481 e. The van der Waals surface area contributed by atoms with E-state index in [1.165, 1.54) is 13.4 Å². The molecule has 1 heterocycles. The van der Waals surface area contributed by atoms with E-state index in [-0.39, 0.29) is 13.0 Å². The largest absolute Gasteiger partial charge is 0.481 e. The maximum atomic E-state index is 10.3. The fourth-order valence-corrected chi connectivity index (χ4v) is 2.12. The van der Waals surface area contributed by atoms with Crippen LogP contribution in [0, 0.1) is 0 Å². The number of carbonyl (C=O) groups is 4. The highest BCUT2D eigenvalue weighted by molar-refractivity contribution is 5.80. The Balaban J connectivity index is 0.000000468. The van der Waals surface area contributed by atoms with Crippen molar-refractivity contribution in [2.75, 3.05) is 13.6 Å². The quantitative estimate of drug-likeness (QED) is 0.206. The molecule has 0 spiro atoms. The number of aromatic amines is 1. The van der Waals surface area contributed by atoms with Gasteiger partial charge in [-0.25, -0.2) is 4.98 Å². The molecule has 2 atom stereocenters. The average Bonchev–Trinajstić information content (AvgIpc) is 3.26. The molecule has 0 amide bonds. The first kappa shape index (κ1) is 29.2. The highest BCUT2D eigenvalue weighted by Gasteiger charge is 2.17. The fourth-order valence-electron chi connectivity index (χ4n) is 2.12. The SMILES string of the molecule is CN[C@@H](CC(=O)O)C(=O)O.N[C@H](Cc1cnc[nH]1)C(=O)O.O=C(O)CNCc1ccccc1. The molecule has 33 heavy (non-hydrogen) atoms. The zero-order valence-electron chi connectivity index (χ0n) is 18.0. The van der Waals surface area contributed by atoms with Crippen LogP contribution in [0.2, 0.25) is 0 Å². The average molecular weight is 467 g/mol. The van der Waals surface area contributed by atoms with E-state index in [4.69, 9.17) is 26.2 Å². The van der Waals surface area contributed by atoms with Crippen LogP contribution < -0.4 is 16.4 Å². The maximum Gasteiger partial charge on any atom is 0.321 e. The van der Waals surface area contributed by atoms with Crippen LogP contribution in [0.15, 0.2) is 42.9 Å². The van der Waals surface area contributed by atoms with Gasteiger partial charge in [-0.15, -0.1) is 0 Å². The lowest BCUT2D eigenvalue weighted by Crippen LogP contribution is -2.35. The molecule has 1 aromatic heterocycles. The minimum atomic E-state index is -1.15. The van der Waals surface area contributed by atoms with E-state index in [1.54, 1.807) is 6.20 Å². The number of likely N-dealkylation sites (N-methyl/N-ethyl adjacent to an activating group) is 1. The topological polar surface area (TPSA) is 228 Å². The van der Waals surface area contributed by atoms with Gasteiger partial charge >= 0.3 is 23.9 Å². The minimum absolute atomic E-state index is 0.00882. The highest BCUT2D eigenvalue weighted by atomic mass is 16.4. The van der Waals surface area contributed by atoms with Gasteiger partial charge in [-0.1, -0.05) is 30.3 Å². The van der Waals surface area contributed by atoms with Gasteiger partial charge in [-0.05, 0) is 12.6 Å². The molecular weight excluding hydrogens is 438 g/mol. The van der Waals surface area contributed by atoms with Crippen LogP contribution in [-0.4, -0.2) is 79.9 Å². The molecule has 9 N–H and O–H groups in total. The van der Waals surface area contributed by atoms with E-state index in [0.29, 0.717) is 6.54 Å². The Bertz CT molecular complexity index is 845. The lowest BCUT2D eigenvalue weighted by Gasteiger charge is -2.06. The first-order valence-electron chi connectivity index (χ1n) is 9.60. The van der Waals surface area contributed by atoms with Gasteiger partial charge in [0.15, 0.2) is 0 Å². The van der Waals surface area contributed by atoms with Crippen LogP contribution in [-0.2, 0) is 32.1 Å². The van der Waals surface area contributed by atoms with Crippen molar-refractivity contribution in [2.24, 2.45) is 5.73 Å². The number of rotatable bonds is 11. The van der Waals surface area contributed by atoms with Gasteiger partial charge in [0.1, 0.15) is 12.1 Å². The zero-order chi connectivity index (χ0) is 25.2. The monoisotopic (exact) mass is 467 g/mol. The van der Waals surface area contributed by atoms with Gasteiger partial charge in [-0.2, -0.15) is 0 Å². The lowest BCUT2D eigenvalue weighted by atomic mass is 10.2. The van der Waals surface area contributed by atoms with Crippen molar-refractivity contribution in [3.05, 3.63) is 54.1 Å². The highest BCUT2D eigenvalue weighted by Crippen LogP contribution is 1.96. The fraction of sp³-hybridized carbons (Fsp3) is 0.350. The van der Waals surface area contributed by atoms with Crippen molar-refractivity contribution in [3.63, 3.8) is 0 Å². The summed E-state index contributed by atoms with van der Waals surface area (Å²) in [6, 6.07) is 7.85. The predicted octanol–water partition coefficient (Wildman–Crippen LogP) is -0.641. The molecule has 0 saturated carbocycles. The second kappa shape index (κ2) is 16.8. The smallest absolute Gasteiger partial charge is 0.321 e. The molecule has 0 aliphatic carbocycles. The summed E-state index contributed by atoms with van der Waals surface area (Å²) in [6.45, 7) is 0.613. The number of carboxylic acid groups (broad SMARTS) is 4. The number of imidazole rings is 1. The molecule has 0 fully saturated rings. The van der Waals surface area contributed by atoms with Crippen molar-refractivity contribution in [3.8, 4) is 0 Å². The number of nitrogens with zero attached hydrogens (tertiary/aromatic N) is 1. The number of nitrogens with two attached hydrogens (primary N) is 1. The molecule has 0 saturated heterocycles. The van der Waals surface area contributed by atoms with Crippen LogP contribution in [0.25, 0.3) is 0 Å². The third kappa shape index (κ3) is 15.6. The third-order valence-electron chi connectivity index (χ3n) is 3.79. The molecule has 0 aliphatic heterocycles. The number of aliphatic carboxylic acids is 4. The van der Waals surface area contributed by atoms with Crippen molar-refractivity contribution in [2.45, 2.75) is 31.5 Å². The Kier molecular flexibility index (Phi) is 14.9. The van der Waals surface area contributed by atoms with Gasteiger partial charge in [-0.3, -0.25) is 19.2 Å². The summed E-state index contributed by atoms with van der Waals surface area (Å²) in [6.07, 6.45) is 2.94. The summed E-state index contributed by atoms with van der Waals surface area (Å²) < 4.78 is 0. The normalized spacial score (nSPS) is 11.6. The Morgan fingerprint density at radius 1 is 1.03 bits per heavy atom. The van der Waals surface area contributed by atoms with Crippen molar-refractivity contribution >= 4 is 23.9 Å². The van der Waals surface area contributed by atoms with Gasteiger partial charge in [0, 0.05) is 24.9 Å². The Labute approximate surface area is 189 Å². The molecule has 0 aliphatic rings. The number of hydrogen-bond donors (Lipinski definition) is 8. The molecule has 0 unspecified atom stereocenters. The van der Waals surface area contributed by atoms with E-state index in [1.807, 2.05) is 30.3 Å². The number of H-pyrrole nitrogens is 1. The predicted molar refractivity (Wildman–Crippen MR) is 116 cm³/mol. The second-order valence-corrected chi connectivity index (χ2v) is 6.49. The van der Waals surface area contributed by atoms with E-state index in [0.717, 1.165) is 11.3 Å². The van der Waals surface area contributed by atoms with Gasteiger partial charge in [0.2, 0.25) is 0 Å². The van der Waals surface area contributed by atoms with Crippen LogP contribution >= 0.6 is 0 Å². The molecule has 2 aromatic rings. The van der Waals surface area contributed by atoms with Crippen LogP contribution in [0.3, 0.4) is 0 Å². The number of hydrogen-bond acceptors (Lipinski definition) is 8. The number of aromatic nitrogens is 2. The molecular formula is C20H29N5O8. The molecule has 2 rings (SSSR count). The zero-order valence-corrected chi connectivity index (χ0v) is 18.0. The van der Waals surface area contributed by atoms with Crippen molar-refractivity contribution in [1.29, 1.82) is 0 Å². The van der Waals surface area contributed by atoms with Gasteiger partial charge in [0.25, 0.3) is 0 Å².